The summed E-state index contributed by atoms with van der Waals surface area (Å²) in [4.78, 5) is 15.4. The van der Waals surface area contributed by atoms with Gasteiger partial charge in [0, 0.05) is 25.2 Å². The number of amides is 1. The first-order chi connectivity index (χ1) is 14.2. The average Bonchev–Trinajstić information content (AvgIpc) is 2.68. The van der Waals surface area contributed by atoms with Gasteiger partial charge in [-0.1, -0.05) is 30.5 Å². The fraction of sp³-hybridized carbons (Fsp3) is 0.682. The Morgan fingerprint density at radius 2 is 1.80 bits per heavy atom. The molecule has 1 aliphatic carbocycles. The highest BCUT2D eigenvalue weighted by molar-refractivity contribution is 7.92. The molecule has 1 heterocycles. The second kappa shape index (κ2) is 9.77. The van der Waals surface area contributed by atoms with Crippen molar-refractivity contribution in [2.75, 3.05) is 26.3 Å². The highest BCUT2D eigenvalue weighted by Crippen LogP contribution is 2.26. The number of hydrogen-bond acceptors (Lipinski definition) is 5. The second-order valence-corrected chi connectivity index (χ2v) is 11.1. The Labute approximate surface area is 180 Å². The van der Waals surface area contributed by atoms with E-state index in [9.17, 15) is 9.00 Å². The van der Waals surface area contributed by atoms with Crippen LogP contribution >= 0.6 is 0 Å². The number of nitrogens with zero attached hydrogens (tertiary/aromatic N) is 2. The Balaban J connectivity index is 1.91. The van der Waals surface area contributed by atoms with Crippen LogP contribution in [0.3, 0.4) is 0 Å². The van der Waals surface area contributed by atoms with E-state index in [1.165, 1.54) is 0 Å². The molecule has 0 bridgehead atoms. The number of morpholine rings is 1. The molecule has 1 saturated heterocycles. The lowest BCUT2D eigenvalue weighted by Crippen LogP contribution is -2.55. The van der Waals surface area contributed by atoms with Crippen molar-refractivity contribution in [2.24, 2.45) is 4.36 Å². The molecule has 1 aromatic rings. The van der Waals surface area contributed by atoms with Crippen LogP contribution in [0.15, 0.2) is 33.5 Å². The van der Waals surface area contributed by atoms with E-state index in [0.29, 0.717) is 4.90 Å². The molecular formula is C22H35N3O4S. The average molecular weight is 438 g/mol. The van der Waals surface area contributed by atoms with Crippen LogP contribution in [0.25, 0.3) is 0 Å². The number of carbonyl (C=O) groups is 1. The van der Waals surface area contributed by atoms with Gasteiger partial charge < -0.3 is 9.47 Å². The summed E-state index contributed by atoms with van der Waals surface area (Å²) >= 11 is 0. The number of hydrogen-bond donors (Lipinski definition) is 1. The van der Waals surface area contributed by atoms with Gasteiger partial charge in [-0.25, -0.2) is 13.7 Å². The van der Waals surface area contributed by atoms with E-state index in [1.807, 2.05) is 19.1 Å². The van der Waals surface area contributed by atoms with Crippen molar-refractivity contribution in [1.29, 1.82) is 0 Å². The van der Waals surface area contributed by atoms with E-state index in [1.54, 1.807) is 32.9 Å². The van der Waals surface area contributed by atoms with Crippen LogP contribution in [0.2, 0.25) is 0 Å². The van der Waals surface area contributed by atoms with Crippen molar-refractivity contribution in [3.63, 3.8) is 0 Å². The Morgan fingerprint density at radius 1 is 1.17 bits per heavy atom. The largest absolute Gasteiger partial charge is 0.443 e. The van der Waals surface area contributed by atoms with Gasteiger partial charge in [0.25, 0.3) is 0 Å². The minimum atomic E-state index is -3.18. The molecule has 8 heteroatoms. The summed E-state index contributed by atoms with van der Waals surface area (Å²) in [5.41, 5.74) is 0.358. The van der Waals surface area contributed by atoms with Crippen molar-refractivity contribution in [3.05, 3.63) is 29.8 Å². The summed E-state index contributed by atoms with van der Waals surface area (Å²) in [6.45, 7) is 10.5. The standard InChI is InChI=1S/C22H35N3O4S/c1-17-9-11-18(12-10-17)30(27,24-21(26)29-22(2,3)4)23-19-7-5-6-8-20(19)25-13-15-28-16-14-25/h9-12,19-20H,5-8,13-16H2,1-4H3,(H,23,24,26,27)/t19-,20-,30?/m1/s1. The van der Waals surface area contributed by atoms with E-state index in [2.05, 4.69) is 14.0 Å². The van der Waals surface area contributed by atoms with Gasteiger partial charge in [-0.05, 0) is 52.7 Å². The maximum absolute atomic E-state index is 14.1. The van der Waals surface area contributed by atoms with Gasteiger partial charge in [-0.15, -0.1) is 4.36 Å². The number of rotatable bonds is 4. The van der Waals surface area contributed by atoms with Crippen LogP contribution in [0.4, 0.5) is 4.79 Å². The molecule has 7 nitrogen and oxygen atoms in total. The van der Waals surface area contributed by atoms with Crippen LogP contribution < -0.4 is 4.72 Å². The van der Waals surface area contributed by atoms with Crippen molar-refractivity contribution in [2.45, 2.75) is 76.0 Å². The number of nitrogens with one attached hydrogen (secondary N) is 1. The molecule has 1 aliphatic heterocycles. The Bertz CT molecular complexity index is 835. The first-order valence-electron chi connectivity index (χ1n) is 10.8. The molecule has 168 valence electrons. The lowest BCUT2D eigenvalue weighted by Gasteiger charge is -2.42. The highest BCUT2D eigenvalue weighted by Gasteiger charge is 2.34. The quantitative estimate of drug-likeness (QED) is 0.773. The maximum atomic E-state index is 14.1. The molecule has 1 saturated carbocycles. The third-order valence-corrected chi connectivity index (χ3v) is 7.43. The summed E-state index contributed by atoms with van der Waals surface area (Å²) in [6.07, 6.45) is 3.34. The Morgan fingerprint density at radius 3 is 2.43 bits per heavy atom. The molecule has 3 atom stereocenters. The van der Waals surface area contributed by atoms with E-state index in [0.717, 1.165) is 57.6 Å². The lowest BCUT2D eigenvalue weighted by atomic mass is 9.89. The zero-order valence-corrected chi connectivity index (χ0v) is 19.4. The van der Waals surface area contributed by atoms with Gasteiger partial charge in [0.05, 0.1) is 18.1 Å². The molecular weight excluding hydrogens is 402 g/mol. The van der Waals surface area contributed by atoms with Gasteiger partial charge in [-0.3, -0.25) is 4.90 Å². The minimum absolute atomic E-state index is 0.0168. The molecule has 2 fully saturated rings. The van der Waals surface area contributed by atoms with Crippen molar-refractivity contribution < 1.29 is 18.5 Å². The van der Waals surface area contributed by atoms with Gasteiger partial charge >= 0.3 is 6.09 Å². The van der Waals surface area contributed by atoms with Crippen LogP contribution in [-0.4, -0.2) is 59.2 Å². The molecule has 0 aromatic heterocycles. The second-order valence-electron chi connectivity index (χ2n) is 9.14. The summed E-state index contributed by atoms with van der Waals surface area (Å²) < 4.78 is 32.3. The predicted molar refractivity (Wildman–Crippen MR) is 118 cm³/mol. The normalized spacial score (nSPS) is 25.3. The summed E-state index contributed by atoms with van der Waals surface area (Å²) in [5.74, 6) is 0. The monoisotopic (exact) mass is 437 g/mol. The predicted octanol–water partition coefficient (Wildman–Crippen LogP) is 3.91. The van der Waals surface area contributed by atoms with Crippen LogP contribution in [-0.2, 0) is 19.4 Å². The first kappa shape index (κ1) is 23.2. The molecule has 1 amide bonds. The zero-order valence-electron chi connectivity index (χ0n) is 18.6. The zero-order chi connectivity index (χ0) is 21.8. The molecule has 1 N–H and O–H groups in total. The van der Waals surface area contributed by atoms with Crippen LogP contribution in [0.1, 0.15) is 52.0 Å². The number of benzene rings is 1. The fourth-order valence-corrected chi connectivity index (χ4v) is 5.79. The third kappa shape index (κ3) is 6.26. The van der Waals surface area contributed by atoms with Gasteiger partial charge in [0.15, 0.2) is 0 Å². The van der Waals surface area contributed by atoms with Gasteiger partial charge in [0.2, 0.25) is 0 Å². The van der Waals surface area contributed by atoms with Gasteiger partial charge in [0.1, 0.15) is 15.5 Å². The smallest absolute Gasteiger partial charge is 0.442 e. The highest BCUT2D eigenvalue weighted by atomic mass is 32.2. The third-order valence-electron chi connectivity index (χ3n) is 5.49. The van der Waals surface area contributed by atoms with Crippen molar-refractivity contribution >= 4 is 16.0 Å². The van der Waals surface area contributed by atoms with Crippen LogP contribution in [0.5, 0.6) is 0 Å². The van der Waals surface area contributed by atoms with Gasteiger partial charge in [-0.2, -0.15) is 0 Å². The molecule has 0 radical (unpaired) electrons. The summed E-state index contributed by atoms with van der Waals surface area (Å²) in [6, 6.07) is 7.58. The molecule has 0 spiro atoms. The Hall–Kier alpha value is -1.48. The molecule has 1 unspecified atom stereocenters. The maximum Gasteiger partial charge on any atom is 0.443 e. The Kier molecular flexibility index (Phi) is 7.55. The van der Waals surface area contributed by atoms with E-state index >= 15 is 0 Å². The SMILES string of the molecule is Cc1ccc(S(=O)(=NC(=O)OC(C)(C)C)N[C@@H]2CCCC[C@H]2N2CCOCC2)cc1. The van der Waals surface area contributed by atoms with E-state index in [4.69, 9.17) is 9.47 Å². The summed E-state index contributed by atoms with van der Waals surface area (Å²) in [7, 11) is -3.18. The molecule has 3 rings (SSSR count). The number of ether oxygens (including phenoxy) is 2. The number of aryl methyl sites for hydroxylation is 1. The molecule has 2 aliphatic rings. The van der Waals surface area contributed by atoms with E-state index < -0.39 is 21.6 Å². The lowest BCUT2D eigenvalue weighted by molar-refractivity contribution is 0.00219. The molecule has 1 aromatic carbocycles. The topological polar surface area (TPSA) is 80.2 Å². The van der Waals surface area contributed by atoms with Crippen molar-refractivity contribution in [1.82, 2.24) is 9.62 Å². The van der Waals surface area contributed by atoms with E-state index in [-0.39, 0.29) is 12.1 Å². The number of carbonyl (C=O) groups excluding carboxylic acids is 1. The first-order valence-corrected chi connectivity index (χ1v) is 12.3. The summed E-state index contributed by atoms with van der Waals surface area (Å²) in [5, 5.41) is 0. The molecule has 30 heavy (non-hydrogen) atoms. The minimum Gasteiger partial charge on any atom is -0.442 e. The van der Waals surface area contributed by atoms with Crippen LogP contribution in [0, 0.1) is 6.92 Å². The van der Waals surface area contributed by atoms with Crippen molar-refractivity contribution in [3.8, 4) is 0 Å². The fourth-order valence-electron chi connectivity index (χ4n) is 4.06.